The van der Waals surface area contributed by atoms with E-state index < -0.39 is 10.2 Å². The van der Waals surface area contributed by atoms with Gasteiger partial charge in [0.15, 0.2) is 0 Å². The highest BCUT2D eigenvalue weighted by Gasteiger charge is 2.24. The molecule has 0 bridgehead atoms. The van der Waals surface area contributed by atoms with E-state index in [0.717, 1.165) is 13.0 Å². The Morgan fingerprint density at radius 3 is 2.78 bits per heavy atom. The van der Waals surface area contributed by atoms with E-state index in [9.17, 15) is 8.42 Å². The molecule has 6 nitrogen and oxygen atoms in total. The highest BCUT2D eigenvalue weighted by atomic mass is 32.2. The number of hydrogen-bond acceptors (Lipinski definition) is 4. The maximum absolute atomic E-state index is 12.0. The predicted molar refractivity (Wildman–Crippen MR) is 71.7 cm³/mol. The molecule has 7 heteroatoms. The Hall–Kier alpha value is -0.210. The molecule has 0 aromatic carbocycles. The molecule has 1 atom stereocenters. The van der Waals surface area contributed by atoms with Crippen LogP contribution in [0.5, 0.6) is 0 Å². The van der Waals surface area contributed by atoms with E-state index in [1.807, 2.05) is 6.92 Å². The Bertz CT molecular complexity index is 315. The maximum atomic E-state index is 12.0. The van der Waals surface area contributed by atoms with Crippen molar-refractivity contribution in [3.63, 3.8) is 0 Å². The van der Waals surface area contributed by atoms with Gasteiger partial charge in [-0.05, 0) is 19.4 Å². The molecule has 2 N–H and O–H groups in total. The zero-order valence-corrected chi connectivity index (χ0v) is 12.1. The lowest BCUT2D eigenvalue weighted by Crippen LogP contribution is -2.49. The molecule has 1 heterocycles. The Morgan fingerprint density at radius 2 is 2.22 bits per heavy atom. The fourth-order valence-electron chi connectivity index (χ4n) is 2.09. The molecule has 1 rings (SSSR count). The average Bonchev–Trinajstić information content (AvgIpc) is 2.37. The summed E-state index contributed by atoms with van der Waals surface area (Å²) < 4.78 is 33.0. The summed E-state index contributed by atoms with van der Waals surface area (Å²) in [6, 6.07) is 0.276. The molecule has 1 aliphatic rings. The van der Waals surface area contributed by atoms with E-state index in [0.29, 0.717) is 26.2 Å². The molecule has 108 valence electrons. The Morgan fingerprint density at radius 1 is 1.44 bits per heavy atom. The number of nitrogens with zero attached hydrogens (tertiary/aromatic N) is 1. The number of nitrogens with one attached hydrogen (secondary N) is 2. The van der Waals surface area contributed by atoms with Crippen LogP contribution in [-0.2, 0) is 14.9 Å². The Labute approximate surface area is 110 Å². The standard InChI is InChI=1S/C11H25N3O3S/c1-3-14(10-11-6-4-5-7-12-11)18(15,16)13-8-9-17-2/h11-13H,3-10H2,1-2H3. The van der Waals surface area contributed by atoms with E-state index in [2.05, 4.69) is 10.0 Å². The average molecular weight is 279 g/mol. The highest BCUT2D eigenvalue weighted by molar-refractivity contribution is 7.87. The summed E-state index contributed by atoms with van der Waals surface area (Å²) in [5.74, 6) is 0. The van der Waals surface area contributed by atoms with Crippen LogP contribution < -0.4 is 10.0 Å². The van der Waals surface area contributed by atoms with Crippen LogP contribution in [0.1, 0.15) is 26.2 Å². The fraction of sp³-hybridized carbons (Fsp3) is 1.00. The minimum atomic E-state index is -3.38. The van der Waals surface area contributed by atoms with Crippen LogP contribution in [0.3, 0.4) is 0 Å². The molecule has 0 aromatic rings. The molecule has 1 saturated heterocycles. The molecule has 1 aliphatic heterocycles. The number of rotatable bonds is 8. The first-order valence-corrected chi connectivity index (χ1v) is 8.01. The van der Waals surface area contributed by atoms with E-state index in [-0.39, 0.29) is 6.04 Å². The van der Waals surface area contributed by atoms with Crippen LogP contribution in [-0.4, -0.2) is 58.7 Å². The summed E-state index contributed by atoms with van der Waals surface area (Å²) in [6.45, 7) is 4.57. The number of likely N-dealkylation sites (N-methyl/N-ethyl adjacent to an activating group) is 1. The highest BCUT2D eigenvalue weighted by Crippen LogP contribution is 2.10. The smallest absolute Gasteiger partial charge is 0.279 e. The molecular formula is C11H25N3O3S. The lowest BCUT2D eigenvalue weighted by molar-refractivity contribution is 0.203. The van der Waals surface area contributed by atoms with Crippen LogP contribution in [0, 0.1) is 0 Å². The molecule has 18 heavy (non-hydrogen) atoms. The third-order valence-electron chi connectivity index (χ3n) is 3.12. The van der Waals surface area contributed by atoms with Gasteiger partial charge >= 0.3 is 0 Å². The molecule has 0 aliphatic carbocycles. The maximum Gasteiger partial charge on any atom is 0.279 e. The van der Waals surface area contributed by atoms with Crippen molar-refractivity contribution in [2.75, 3.05) is 39.9 Å². The summed E-state index contributed by atoms with van der Waals surface area (Å²) in [7, 11) is -1.83. The third-order valence-corrected chi connectivity index (χ3v) is 4.78. The lowest BCUT2D eigenvalue weighted by atomic mass is 10.1. The van der Waals surface area contributed by atoms with E-state index in [4.69, 9.17) is 4.74 Å². The minimum absolute atomic E-state index is 0.276. The second kappa shape index (κ2) is 8.06. The molecule has 1 unspecified atom stereocenters. The van der Waals surface area contributed by atoms with Gasteiger partial charge in [-0.1, -0.05) is 13.3 Å². The first kappa shape index (κ1) is 15.8. The van der Waals surface area contributed by atoms with Crippen LogP contribution >= 0.6 is 0 Å². The van der Waals surface area contributed by atoms with Crippen molar-refractivity contribution >= 4 is 10.2 Å². The molecule has 0 saturated carbocycles. The van der Waals surface area contributed by atoms with Crippen molar-refractivity contribution in [3.05, 3.63) is 0 Å². The summed E-state index contributed by atoms with van der Waals surface area (Å²) in [6.07, 6.45) is 3.40. The van der Waals surface area contributed by atoms with Gasteiger partial charge in [0.25, 0.3) is 10.2 Å². The van der Waals surface area contributed by atoms with Crippen LogP contribution in [0.25, 0.3) is 0 Å². The second-order valence-corrected chi connectivity index (χ2v) is 6.24. The normalized spacial score (nSPS) is 21.4. The van der Waals surface area contributed by atoms with Gasteiger partial charge < -0.3 is 10.1 Å². The van der Waals surface area contributed by atoms with Gasteiger partial charge in [-0.25, -0.2) is 0 Å². The van der Waals surface area contributed by atoms with Crippen molar-refractivity contribution in [1.29, 1.82) is 0 Å². The molecule has 1 fully saturated rings. The zero-order chi connectivity index (χ0) is 13.4. The first-order chi connectivity index (χ1) is 8.60. The number of hydrogen-bond donors (Lipinski definition) is 2. The second-order valence-electron chi connectivity index (χ2n) is 4.49. The van der Waals surface area contributed by atoms with Crippen molar-refractivity contribution in [2.45, 2.75) is 32.2 Å². The molecule has 0 spiro atoms. The quantitative estimate of drug-likeness (QED) is 0.610. The molecular weight excluding hydrogens is 254 g/mol. The van der Waals surface area contributed by atoms with E-state index >= 15 is 0 Å². The monoisotopic (exact) mass is 279 g/mol. The fourth-order valence-corrected chi connectivity index (χ4v) is 3.33. The largest absolute Gasteiger partial charge is 0.383 e. The Kier molecular flexibility index (Phi) is 7.10. The summed E-state index contributed by atoms with van der Waals surface area (Å²) in [5.41, 5.74) is 0. The van der Waals surface area contributed by atoms with Gasteiger partial charge in [-0.2, -0.15) is 17.4 Å². The van der Waals surface area contributed by atoms with Crippen LogP contribution in [0.4, 0.5) is 0 Å². The summed E-state index contributed by atoms with van der Waals surface area (Å²) in [5, 5.41) is 3.36. The van der Waals surface area contributed by atoms with Gasteiger partial charge in [0.05, 0.1) is 6.61 Å². The van der Waals surface area contributed by atoms with Crippen LogP contribution in [0.15, 0.2) is 0 Å². The molecule has 0 amide bonds. The van der Waals surface area contributed by atoms with Gasteiger partial charge in [0, 0.05) is 32.8 Å². The van der Waals surface area contributed by atoms with Crippen molar-refractivity contribution in [2.24, 2.45) is 0 Å². The SMILES string of the molecule is CCN(CC1CCCCN1)S(=O)(=O)NCCOC. The van der Waals surface area contributed by atoms with Crippen molar-refractivity contribution < 1.29 is 13.2 Å². The molecule has 0 radical (unpaired) electrons. The van der Waals surface area contributed by atoms with Crippen molar-refractivity contribution in [3.8, 4) is 0 Å². The van der Waals surface area contributed by atoms with Gasteiger partial charge in [0.1, 0.15) is 0 Å². The van der Waals surface area contributed by atoms with E-state index in [1.165, 1.54) is 17.1 Å². The number of piperidine rings is 1. The Balaban J connectivity index is 2.47. The zero-order valence-electron chi connectivity index (χ0n) is 11.3. The van der Waals surface area contributed by atoms with Crippen molar-refractivity contribution in [1.82, 2.24) is 14.3 Å². The number of ether oxygens (including phenoxy) is 1. The summed E-state index contributed by atoms with van der Waals surface area (Å²) in [4.78, 5) is 0. The molecule has 0 aromatic heterocycles. The first-order valence-electron chi connectivity index (χ1n) is 6.57. The van der Waals surface area contributed by atoms with Crippen LogP contribution in [0.2, 0.25) is 0 Å². The lowest BCUT2D eigenvalue weighted by Gasteiger charge is -2.29. The predicted octanol–water partition coefficient (Wildman–Crippen LogP) is -0.0688. The summed E-state index contributed by atoms with van der Waals surface area (Å²) >= 11 is 0. The minimum Gasteiger partial charge on any atom is -0.383 e. The van der Waals surface area contributed by atoms with Gasteiger partial charge in [-0.3, -0.25) is 0 Å². The third kappa shape index (κ3) is 5.19. The topological polar surface area (TPSA) is 70.7 Å². The number of methoxy groups -OCH3 is 1. The van der Waals surface area contributed by atoms with E-state index in [1.54, 1.807) is 7.11 Å². The van der Waals surface area contributed by atoms with Gasteiger partial charge in [0.2, 0.25) is 0 Å². The van der Waals surface area contributed by atoms with Gasteiger partial charge in [-0.15, -0.1) is 0 Å².